The Hall–Kier alpha value is -1.66. The van der Waals surface area contributed by atoms with Gasteiger partial charge < -0.3 is 10.1 Å². The van der Waals surface area contributed by atoms with Crippen LogP contribution in [0.15, 0.2) is 24.3 Å². The number of benzene rings is 1. The van der Waals surface area contributed by atoms with Crippen LogP contribution in [0.3, 0.4) is 0 Å². The highest BCUT2D eigenvalue weighted by atomic mass is 16.6. The lowest BCUT2D eigenvalue weighted by Gasteiger charge is -2.16. The SMILES string of the molecule is NN(CCO)c1cccc([N+](=O)[O-])c1. The standard InChI is InChI=1S/C8H11N3O3/c9-10(4-5-12)7-2-1-3-8(6-7)11(13)14/h1-3,6,12H,4-5,9H2. The monoisotopic (exact) mass is 197 g/mol. The Morgan fingerprint density at radius 3 is 2.86 bits per heavy atom. The van der Waals surface area contributed by atoms with Crippen LogP contribution in [0.2, 0.25) is 0 Å². The number of rotatable bonds is 4. The van der Waals surface area contributed by atoms with Crippen LogP contribution in [0.1, 0.15) is 0 Å². The van der Waals surface area contributed by atoms with Crippen molar-refractivity contribution >= 4 is 11.4 Å². The molecule has 3 N–H and O–H groups in total. The van der Waals surface area contributed by atoms with E-state index in [1.807, 2.05) is 0 Å². The zero-order valence-electron chi connectivity index (χ0n) is 7.46. The van der Waals surface area contributed by atoms with Gasteiger partial charge in [-0.1, -0.05) is 6.07 Å². The van der Waals surface area contributed by atoms with E-state index in [9.17, 15) is 10.1 Å². The van der Waals surface area contributed by atoms with E-state index in [0.717, 1.165) is 0 Å². The number of nitrogens with two attached hydrogens (primary N) is 1. The first-order valence-electron chi connectivity index (χ1n) is 4.02. The molecule has 0 spiro atoms. The summed E-state index contributed by atoms with van der Waals surface area (Å²) in [5.41, 5.74) is 0.490. The fraction of sp³-hybridized carbons (Fsp3) is 0.250. The highest BCUT2D eigenvalue weighted by molar-refractivity contribution is 5.51. The van der Waals surface area contributed by atoms with Gasteiger partial charge in [0.1, 0.15) is 0 Å². The van der Waals surface area contributed by atoms with Gasteiger partial charge in [0.15, 0.2) is 0 Å². The summed E-state index contributed by atoms with van der Waals surface area (Å²) in [4.78, 5) is 9.94. The molecule has 6 heteroatoms. The van der Waals surface area contributed by atoms with Crippen molar-refractivity contribution in [3.8, 4) is 0 Å². The minimum atomic E-state index is -0.490. The first-order valence-corrected chi connectivity index (χ1v) is 4.02. The lowest BCUT2D eigenvalue weighted by Crippen LogP contribution is -2.33. The van der Waals surface area contributed by atoms with E-state index >= 15 is 0 Å². The summed E-state index contributed by atoms with van der Waals surface area (Å²) in [7, 11) is 0. The Morgan fingerprint density at radius 2 is 2.29 bits per heavy atom. The maximum absolute atomic E-state index is 10.4. The summed E-state index contributed by atoms with van der Waals surface area (Å²) < 4.78 is 0. The van der Waals surface area contributed by atoms with E-state index in [2.05, 4.69) is 0 Å². The maximum Gasteiger partial charge on any atom is 0.271 e. The molecule has 6 nitrogen and oxygen atoms in total. The molecule has 0 heterocycles. The molecule has 0 aliphatic heterocycles. The average molecular weight is 197 g/mol. The van der Waals surface area contributed by atoms with Gasteiger partial charge in [0, 0.05) is 12.1 Å². The number of hydrazine groups is 1. The normalized spacial score (nSPS) is 9.86. The molecule has 0 aromatic heterocycles. The molecule has 0 saturated carbocycles. The topological polar surface area (TPSA) is 92.6 Å². The van der Waals surface area contributed by atoms with Crippen LogP contribution < -0.4 is 10.9 Å². The van der Waals surface area contributed by atoms with Crippen LogP contribution in [0, 0.1) is 10.1 Å². The Labute approximate surface area is 80.7 Å². The molecule has 0 bridgehead atoms. The van der Waals surface area contributed by atoms with Gasteiger partial charge in [-0.05, 0) is 6.07 Å². The van der Waals surface area contributed by atoms with Crippen molar-refractivity contribution < 1.29 is 10.0 Å². The molecule has 0 fully saturated rings. The van der Waals surface area contributed by atoms with Gasteiger partial charge >= 0.3 is 0 Å². The van der Waals surface area contributed by atoms with Crippen LogP contribution in [-0.4, -0.2) is 23.2 Å². The van der Waals surface area contributed by atoms with Crippen LogP contribution in [0.25, 0.3) is 0 Å². The van der Waals surface area contributed by atoms with Gasteiger partial charge in [-0.3, -0.25) is 10.1 Å². The number of nitrogens with zero attached hydrogens (tertiary/aromatic N) is 2. The second-order valence-corrected chi connectivity index (χ2v) is 2.69. The van der Waals surface area contributed by atoms with Gasteiger partial charge in [-0.15, -0.1) is 0 Å². The van der Waals surface area contributed by atoms with Crippen LogP contribution >= 0.6 is 0 Å². The first kappa shape index (κ1) is 10.4. The number of hydrogen-bond acceptors (Lipinski definition) is 5. The van der Waals surface area contributed by atoms with Crippen molar-refractivity contribution in [3.05, 3.63) is 34.4 Å². The summed E-state index contributed by atoms with van der Waals surface area (Å²) in [5.74, 6) is 5.53. The summed E-state index contributed by atoms with van der Waals surface area (Å²) in [6.07, 6.45) is 0. The minimum absolute atomic E-state index is 0.0177. The third kappa shape index (κ3) is 2.41. The van der Waals surface area contributed by atoms with Crippen molar-refractivity contribution in [1.29, 1.82) is 0 Å². The van der Waals surface area contributed by atoms with E-state index in [1.54, 1.807) is 12.1 Å². The molecule has 0 radical (unpaired) electrons. The van der Waals surface area contributed by atoms with E-state index in [4.69, 9.17) is 10.9 Å². The molecule has 0 saturated heterocycles. The number of hydrogen-bond donors (Lipinski definition) is 2. The van der Waals surface area contributed by atoms with E-state index in [1.165, 1.54) is 17.1 Å². The molecule has 0 atom stereocenters. The molecule has 0 aliphatic rings. The Bertz CT molecular complexity index is 329. The second-order valence-electron chi connectivity index (χ2n) is 2.69. The van der Waals surface area contributed by atoms with Gasteiger partial charge in [0.25, 0.3) is 5.69 Å². The zero-order chi connectivity index (χ0) is 10.6. The number of aliphatic hydroxyl groups excluding tert-OH is 1. The highest BCUT2D eigenvalue weighted by Crippen LogP contribution is 2.18. The van der Waals surface area contributed by atoms with Gasteiger partial charge in [-0.2, -0.15) is 0 Å². The molecule has 76 valence electrons. The van der Waals surface area contributed by atoms with Crippen molar-refractivity contribution in [1.82, 2.24) is 0 Å². The quantitative estimate of drug-likeness (QED) is 0.410. The lowest BCUT2D eigenvalue weighted by molar-refractivity contribution is -0.384. The number of nitro benzene ring substituents is 1. The van der Waals surface area contributed by atoms with Crippen molar-refractivity contribution in [2.75, 3.05) is 18.2 Å². The van der Waals surface area contributed by atoms with Crippen LogP contribution in [0.4, 0.5) is 11.4 Å². The minimum Gasteiger partial charge on any atom is -0.394 e. The molecule has 1 aromatic carbocycles. The molecule has 1 rings (SSSR count). The van der Waals surface area contributed by atoms with Gasteiger partial charge in [0.05, 0.1) is 23.8 Å². The van der Waals surface area contributed by atoms with Gasteiger partial charge in [-0.25, -0.2) is 5.84 Å². The Morgan fingerprint density at radius 1 is 1.57 bits per heavy atom. The Balaban J connectivity index is 2.87. The lowest BCUT2D eigenvalue weighted by atomic mass is 10.3. The zero-order valence-corrected chi connectivity index (χ0v) is 7.46. The molecule has 0 amide bonds. The van der Waals surface area contributed by atoms with E-state index < -0.39 is 4.92 Å². The van der Waals surface area contributed by atoms with Crippen LogP contribution in [0.5, 0.6) is 0 Å². The number of nitro groups is 1. The maximum atomic E-state index is 10.4. The van der Waals surface area contributed by atoms with Gasteiger partial charge in [0.2, 0.25) is 0 Å². The molecule has 14 heavy (non-hydrogen) atoms. The average Bonchev–Trinajstić information content (AvgIpc) is 2.18. The molecule has 0 unspecified atom stereocenters. The van der Waals surface area contributed by atoms with E-state index in [-0.39, 0.29) is 18.8 Å². The summed E-state index contributed by atoms with van der Waals surface area (Å²) in [6.45, 7) is 0.139. The largest absolute Gasteiger partial charge is 0.394 e. The first-order chi connectivity index (χ1) is 6.65. The number of aliphatic hydroxyl groups is 1. The Kier molecular flexibility index (Phi) is 3.38. The van der Waals surface area contributed by atoms with Crippen LogP contribution in [-0.2, 0) is 0 Å². The second kappa shape index (κ2) is 4.54. The van der Waals surface area contributed by atoms with Crippen molar-refractivity contribution in [3.63, 3.8) is 0 Å². The number of anilines is 1. The highest BCUT2D eigenvalue weighted by Gasteiger charge is 2.07. The van der Waals surface area contributed by atoms with Crippen molar-refractivity contribution in [2.24, 2.45) is 5.84 Å². The third-order valence-corrected chi connectivity index (χ3v) is 1.71. The predicted molar refractivity (Wildman–Crippen MR) is 51.7 cm³/mol. The third-order valence-electron chi connectivity index (χ3n) is 1.71. The van der Waals surface area contributed by atoms with Crippen molar-refractivity contribution in [2.45, 2.75) is 0 Å². The van der Waals surface area contributed by atoms with E-state index in [0.29, 0.717) is 5.69 Å². The fourth-order valence-corrected chi connectivity index (χ4v) is 1.02. The predicted octanol–water partition coefficient (Wildman–Crippen LogP) is 0.267. The molecule has 1 aromatic rings. The number of non-ortho nitro benzene ring substituents is 1. The smallest absolute Gasteiger partial charge is 0.271 e. The molecular weight excluding hydrogens is 186 g/mol. The fourth-order valence-electron chi connectivity index (χ4n) is 1.02. The summed E-state index contributed by atoms with van der Waals surface area (Å²) in [6, 6.07) is 5.93. The summed E-state index contributed by atoms with van der Waals surface area (Å²) >= 11 is 0. The molecule has 0 aliphatic carbocycles. The molecular formula is C8H11N3O3. The summed E-state index contributed by atoms with van der Waals surface area (Å²) in [5, 5.41) is 20.3.